The van der Waals surface area contributed by atoms with Crippen LogP contribution >= 0.6 is 0 Å². The number of hydrogen-bond donors (Lipinski definition) is 0. The summed E-state index contributed by atoms with van der Waals surface area (Å²) in [6, 6.07) is 0. The van der Waals surface area contributed by atoms with Crippen molar-refractivity contribution in [3.05, 3.63) is 0 Å². The molecule has 0 amide bonds. The zero-order chi connectivity index (χ0) is 18.3. The summed E-state index contributed by atoms with van der Waals surface area (Å²) >= 11 is 0. The van der Waals surface area contributed by atoms with Gasteiger partial charge in [-0.1, -0.05) is 41.5 Å². The van der Waals surface area contributed by atoms with Crippen molar-refractivity contribution in [2.45, 2.75) is 80.3 Å². The van der Waals surface area contributed by atoms with Crippen molar-refractivity contribution in [1.82, 2.24) is 9.80 Å². The van der Waals surface area contributed by atoms with E-state index in [1.165, 1.54) is 0 Å². The molecule has 134 valence electrons. The molecule has 2 heteroatoms. The van der Waals surface area contributed by atoms with E-state index >= 15 is 0 Å². The lowest BCUT2D eigenvalue weighted by Gasteiger charge is -2.70. The Kier molecular flexibility index (Phi) is 6.41. The standard InChI is InChI=1S/C17H35N.C3H9N/c1-12(2)13-14(3,4)16(7,8)18(11)17(9,10)15(13,5)6;1-4(2)3/h12-13H,1-11H3;1-3H3. The Bertz CT molecular complexity index is 331. The van der Waals surface area contributed by atoms with E-state index in [-0.39, 0.29) is 11.1 Å². The molecule has 0 spiro atoms. The molecule has 0 aromatic heterocycles. The van der Waals surface area contributed by atoms with Gasteiger partial charge in [0.15, 0.2) is 0 Å². The molecule has 0 aromatic rings. The number of nitrogens with zero attached hydrogens (tertiary/aromatic N) is 2. The number of rotatable bonds is 1. The van der Waals surface area contributed by atoms with Crippen LogP contribution in [-0.2, 0) is 0 Å². The Labute approximate surface area is 141 Å². The fraction of sp³-hybridized carbons (Fsp3) is 1.00. The highest BCUT2D eigenvalue weighted by Crippen LogP contribution is 2.62. The Morgan fingerprint density at radius 3 is 1.14 bits per heavy atom. The van der Waals surface area contributed by atoms with Crippen molar-refractivity contribution >= 4 is 0 Å². The van der Waals surface area contributed by atoms with Crippen LogP contribution in [0.4, 0.5) is 0 Å². The molecule has 0 bridgehead atoms. The molecule has 0 saturated carbocycles. The molecule has 1 heterocycles. The first-order valence-corrected chi connectivity index (χ1v) is 8.80. The minimum atomic E-state index is 0.209. The maximum absolute atomic E-state index is 2.61. The molecule has 0 N–H and O–H groups in total. The van der Waals surface area contributed by atoms with E-state index in [9.17, 15) is 0 Å². The lowest BCUT2D eigenvalue weighted by Crippen LogP contribution is -2.74. The fourth-order valence-electron chi connectivity index (χ4n) is 4.89. The fourth-order valence-corrected chi connectivity index (χ4v) is 4.89. The van der Waals surface area contributed by atoms with Gasteiger partial charge < -0.3 is 4.90 Å². The molecule has 1 fully saturated rings. The van der Waals surface area contributed by atoms with Gasteiger partial charge in [-0.25, -0.2) is 0 Å². The molecule has 2 nitrogen and oxygen atoms in total. The Balaban J connectivity index is 0.000000980. The minimum Gasteiger partial charge on any atom is -0.312 e. The number of piperidine rings is 1. The SMILES string of the molecule is CC(C)C1C(C)(C)C(C)(C)N(C)C(C)(C)C1(C)C.CN(C)C. The smallest absolute Gasteiger partial charge is 0.0209 e. The number of likely N-dealkylation sites (tertiary alicyclic amines) is 1. The van der Waals surface area contributed by atoms with Gasteiger partial charge in [0.25, 0.3) is 0 Å². The van der Waals surface area contributed by atoms with Gasteiger partial charge in [0.2, 0.25) is 0 Å². The van der Waals surface area contributed by atoms with Crippen LogP contribution in [0.25, 0.3) is 0 Å². The van der Waals surface area contributed by atoms with Gasteiger partial charge in [-0.2, -0.15) is 0 Å². The largest absolute Gasteiger partial charge is 0.312 e. The van der Waals surface area contributed by atoms with Crippen molar-refractivity contribution in [1.29, 1.82) is 0 Å². The van der Waals surface area contributed by atoms with E-state index in [1.54, 1.807) is 0 Å². The summed E-state index contributed by atoms with van der Waals surface area (Å²) < 4.78 is 0. The zero-order valence-electron chi connectivity index (χ0n) is 18.0. The van der Waals surface area contributed by atoms with Gasteiger partial charge in [0.1, 0.15) is 0 Å². The minimum absolute atomic E-state index is 0.209. The summed E-state index contributed by atoms with van der Waals surface area (Å²) in [5.41, 5.74) is 1.02. The Hall–Kier alpha value is -0.0800. The van der Waals surface area contributed by atoms with Crippen molar-refractivity contribution in [2.75, 3.05) is 28.2 Å². The van der Waals surface area contributed by atoms with Crippen LogP contribution in [-0.4, -0.2) is 49.1 Å². The molecule has 0 unspecified atom stereocenters. The van der Waals surface area contributed by atoms with Crippen LogP contribution in [0.15, 0.2) is 0 Å². The van der Waals surface area contributed by atoms with Crippen molar-refractivity contribution in [3.8, 4) is 0 Å². The van der Waals surface area contributed by atoms with Crippen molar-refractivity contribution in [2.24, 2.45) is 22.7 Å². The first kappa shape index (κ1) is 21.9. The van der Waals surface area contributed by atoms with Crippen LogP contribution < -0.4 is 0 Å². The zero-order valence-corrected chi connectivity index (χ0v) is 18.0. The summed E-state index contributed by atoms with van der Waals surface area (Å²) in [6.07, 6.45) is 0. The summed E-state index contributed by atoms with van der Waals surface area (Å²) in [4.78, 5) is 4.61. The monoisotopic (exact) mass is 312 g/mol. The maximum Gasteiger partial charge on any atom is 0.0209 e. The average Bonchev–Trinajstić information content (AvgIpc) is 2.23. The van der Waals surface area contributed by atoms with E-state index in [2.05, 4.69) is 81.2 Å². The molecule has 1 aliphatic rings. The third kappa shape index (κ3) is 3.38. The maximum atomic E-state index is 2.61. The van der Waals surface area contributed by atoms with Crippen molar-refractivity contribution in [3.63, 3.8) is 0 Å². The van der Waals surface area contributed by atoms with Crippen LogP contribution in [0.3, 0.4) is 0 Å². The lowest BCUT2D eigenvalue weighted by atomic mass is 9.46. The second kappa shape index (κ2) is 6.43. The highest BCUT2D eigenvalue weighted by atomic mass is 15.3. The molecule has 1 aliphatic heterocycles. The van der Waals surface area contributed by atoms with Crippen LogP contribution in [0, 0.1) is 22.7 Å². The van der Waals surface area contributed by atoms with E-state index in [0.29, 0.717) is 22.7 Å². The van der Waals surface area contributed by atoms with Gasteiger partial charge in [0.05, 0.1) is 0 Å². The second-order valence-corrected chi connectivity index (χ2v) is 10.2. The summed E-state index contributed by atoms with van der Waals surface area (Å²) in [5, 5.41) is 0. The summed E-state index contributed by atoms with van der Waals surface area (Å²) in [5.74, 6) is 1.42. The van der Waals surface area contributed by atoms with E-state index in [4.69, 9.17) is 0 Å². The summed E-state index contributed by atoms with van der Waals surface area (Å²) in [6.45, 7) is 24.3. The van der Waals surface area contributed by atoms with E-state index in [0.717, 1.165) is 0 Å². The van der Waals surface area contributed by atoms with Gasteiger partial charge in [0, 0.05) is 11.1 Å². The lowest BCUT2D eigenvalue weighted by molar-refractivity contribution is -0.210. The molecule has 22 heavy (non-hydrogen) atoms. The molecule has 1 saturated heterocycles. The van der Waals surface area contributed by atoms with Gasteiger partial charge in [-0.3, -0.25) is 4.90 Å². The molecule has 0 atom stereocenters. The van der Waals surface area contributed by atoms with Crippen molar-refractivity contribution < 1.29 is 0 Å². The molecule has 0 radical (unpaired) electrons. The Morgan fingerprint density at radius 1 is 0.727 bits per heavy atom. The predicted octanol–water partition coefficient (Wildman–Crippen LogP) is 4.99. The Morgan fingerprint density at radius 2 is 0.955 bits per heavy atom. The molecule has 0 aromatic carbocycles. The quantitative estimate of drug-likeness (QED) is 0.673. The molecular formula is C20H44N2. The van der Waals surface area contributed by atoms with Gasteiger partial charge >= 0.3 is 0 Å². The second-order valence-electron chi connectivity index (χ2n) is 10.2. The highest BCUT2D eigenvalue weighted by Gasteiger charge is 2.63. The normalized spacial score (nSPS) is 26.7. The third-order valence-electron chi connectivity index (χ3n) is 7.05. The van der Waals surface area contributed by atoms with E-state index < -0.39 is 0 Å². The number of hydrogen-bond acceptors (Lipinski definition) is 2. The third-order valence-corrected chi connectivity index (χ3v) is 7.05. The molecular weight excluding hydrogens is 268 g/mol. The topological polar surface area (TPSA) is 6.48 Å². The highest BCUT2D eigenvalue weighted by molar-refractivity contribution is 5.15. The summed E-state index contributed by atoms with van der Waals surface area (Å²) in [7, 11) is 8.31. The first-order valence-electron chi connectivity index (χ1n) is 8.80. The molecule has 1 rings (SSSR count). The van der Waals surface area contributed by atoms with Crippen LogP contribution in [0.2, 0.25) is 0 Å². The van der Waals surface area contributed by atoms with Gasteiger partial charge in [-0.15, -0.1) is 0 Å². The van der Waals surface area contributed by atoms with Crippen LogP contribution in [0.5, 0.6) is 0 Å². The predicted molar refractivity (Wildman–Crippen MR) is 101 cm³/mol. The van der Waals surface area contributed by atoms with Crippen LogP contribution in [0.1, 0.15) is 69.2 Å². The first-order chi connectivity index (χ1) is 9.45. The van der Waals surface area contributed by atoms with E-state index in [1.807, 2.05) is 26.0 Å². The van der Waals surface area contributed by atoms with Gasteiger partial charge in [-0.05, 0) is 78.6 Å². The molecule has 0 aliphatic carbocycles. The average molecular weight is 313 g/mol.